The molecule has 1 N–H and O–H groups in total. The molecule has 0 unspecified atom stereocenters. The molecule has 1 aliphatic carbocycles. The number of nitrogens with zero attached hydrogens (tertiary/aromatic N) is 2. The van der Waals surface area contributed by atoms with Gasteiger partial charge >= 0.3 is 15.5 Å². The van der Waals surface area contributed by atoms with E-state index in [0.717, 1.165) is 36.5 Å². The molecule has 34 heavy (non-hydrogen) atoms. The Hall–Kier alpha value is -2.63. The molecule has 1 saturated carbocycles. The van der Waals surface area contributed by atoms with E-state index in [1.165, 1.54) is 4.72 Å². The molecule has 3 rings (SSSR count). The average molecular weight is 524 g/mol. The Morgan fingerprint density at radius 1 is 1.12 bits per heavy atom. The topological polar surface area (TPSA) is 117 Å². The molecule has 0 saturated heterocycles. The molecule has 0 radical (unpaired) electrons. The van der Waals surface area contributed by atoms with Gasteiger partial charge < -0.3 is 0 Å². The molecule has 1 heterocycles. The van der Waals surface area contributed by atoms with E-state index in [1.807, 2.05) is 0 Å². The molecule has 1 aliphatic rings. The highest BCUT2D eigenvalue weighted by Crippen LogP contribution is 2.48. The summed E-state index contributed by atoms with van der Waals surface area (Å²) in [6, 6.07) is 5.85. The van der Waals surface area contributed by atoms with Crippen molar-refractivity contribution in [3.05, 3.63) is 59.2 Å². The molecule has 0 atom stereocenters. The number of hydrogen-bond acceptors (Lipinski definition) is 6. The minimum atomic E-state index is -5.68. The minimum Gasteiger partial charge on any atom is -0.257 e. The third kappa shape index (κ3) is 4.64. The van der Waals surface area contributed by atoms with Crippen molar-refractivity contribution >= 4 is 19.9 Å². The summed E-state index contributed by atoms with van der Waals surface area (Å²) < 4.78 is 116. The number of halogens is 5. The Kier molecular flexibility index (Phi) is 7.03. The smallest absolute Gasteiger partial charge is 0.257 e. The quantitative estimate of drug-likeness (QED) is 0.578. The van der Waals surface area contributed by atoms with E-state index in [0.29, 0.717) is 0 Å². The highest BCUT2D eigenvalue weighted by molar-refractivity contribution is 7.92. The summed E-state index contributed by atoms with van der Waals surface area (Å²) >= 11 is 0. The number of nitrogens with one attached hydrogen (secondary N) is 1. The molecule has 1 fully saturated rings. The zero-order valence-electron chi connectivity index (χ0n) is 17.3. The van der Waals surface area contributed by atoms with Gasteiger partial charge in [-0.15, -0.1) is 0 Å². The van der Waals surface area contributed by atoms with E-state index < -0.39 is 61.5 Å². The summed E-state index contributed by atoms with van der Waals surface area (Å²) in [5, 5.41) is 9.21. The summed E-state index contributed by atoms with van der Waals surface area (Å²) in [4.78, 5) is 3.34. The van der Waals surface area contributed by atoms with Crippen molar-refractivity contribution in [2.24, 2.45) is 0 Å². The number of aromatic nitrogens is 1. The number of rotatable bonds is 6. The summed E-state index contributed by atoms with van der Waals surface area (Å²) in [6.07, 6.45) is -0.716. The fourth-order valence-electron chi connectivity index (χ4n) is 3.99. The molecule has 2 aromatic rings. The second-order valence-corrected chi connectivity index (χ2v) is 11.7. The number of benzene rings is 1. The van der Waals surface area contributed by atoms with Crippen molar-refractivity contribution in [3.8, 4) is 6.07 Å². The van der Waals surface area contributed by atoms with Gasteiger partial charge in [0.15, 0.2) is 9.84 Å². The summed E-state index contributed by atoms with van der Waals surface area (Å²) in [5.74, 6) is -0.953. The highest BCUT2D eigenvalue weighted by Gasteiger charge is 2.52. The van der Waals surface area contributed by atoms with Crippen LogP contribution in [0.3, 0.4) is 0 Å². The first-order valence-corrected chi connectivity index (χ1v) is 12.8. The molecular weight excluding hydrogens is 505 g/mol. The number of nitriles is 1. The lowest BCUT2D eigenvalue weighted by Gasteiger charge is -2.40. The van der Waals surface area contributed by atoms with E-state index in [2.05, 4.69) is 4.98 Å². The second kappa shape index (κ2) is 9.20. The Bertz CT molecular complexity index is 1310. The number of sulfone groups is 1. The van der Waals surface area contributed by atoms with Gasteiger partial charge in [-0.25, -0.2) is 30.3 Å². The summed E-state index contributed by atoms with van der Waals surface area (Å²) in [6.45, 7) is -0.953. The number of alkyl halides is 4. The van der Waals surface area contributed by atoms with Crippen LogP contribution in [-0.2, 0) is 31.3 Å². The Morgan fingerprint density at radius 3 is 2.26 bits per heavy atom. The largest absolute Gasteiger partial charge is 0.511 e. The van der Waals surface area contributed by atoms with Gasteiger partial charge in [-0.2, -0.15) is 18.4 Å². The fraction of sp³-hybridized carbons (Fsp3) is 0.400. The van der Waals surface area contributed by atoms with E-state index in [1.54, 1.807) is 6.07 Å². The number of pyridine rings is 1. The minimum absolute atomic E-state index is 0.0447. The van der Waals surface area contributed by atoms with Gasteiger partial charge in [-0.1, -0.05) is 0 Å². The predicted molar refractivity (Wildman–Crippen MR) is 109 cm³/mol. The zero-order valence-corrected chi connectivity index (χ0v) is 18.9. The van der Waals surface area contributed by atoms with Gasteiger partial charge in [0.25, 0.3) is 0 Å². The lowest BCUT2D eigenvalue weighted by Crippen LogP contribution is -2.48. The van der Waals surface area contributed by atoms with Gasteiger partial charge in [0.05, 0.1) is 22.2 Å². The molecule has 0 spiro atoms. The van der Waals surface area contributed by atoms with Gasteiger partial charge in [0.1, 0.15) is 17.2 Å². The van der Waals surface area contributed by atoms with E-state index in [9.17, 15) is 44.0 Å². The summed E-state index contributed by atoms with van der Waals surface area (Å²) in [7, 11) is -10.2. The van der Waals surface area contributed by atoms with Gasteiger partial charge in [-0.3, -0.25) is 4.98 Å². The maximum absolute atomic E-state index is 14.9. The molecule has 1 aromatic carbocycles. The molecular formula is C20H18F5N3O4S2. The van der Waals surface area contributed by atoms with Crippen molar-refractivity contribution in [1.29, 1.82) is 5.26 Å². The Balaban J connectivity index is 2.08. The number of sulfonamides is 1. The fourth-order valence-corrected chi connectivity index (χ4v) is 6.91. The van der Waals surface area contributed by atoms with Crippen molar-refractivity contribution in [3.63, 3.8) is 0 Å². The van der Waals surface area contributed by atoms with Crippen LogP contribution in [0.25, 0.3) is 0 Å². The van der Waals surface area contributed by atoms with Gasteiger partial charge in [-0.05, 0) is 56.0 Å². The molecule has 1 aromatic heterocycles. The van der Waals surface area contributed by atoms with E-state index in [-0.39, 0.29) is 34.6 Å². The maximum atomic E-state index is 14.9. The van der Waals surface area contributed by atoms with Crippen molar-refractivity contribution < 1.29 is 38.8 Å². The molecule has 0 aliphatic heterocycles. The molecule has 0 amide bonds. The Labute approximate surface area is 192 Å². The molecule has 14 heteroatoms. The molecule has 0 bridgehead atoms. The van der Waals surface area contributed by atoms with Crippen molar-refractivity contribution in [1.82, 2.24) is 9.71 Å². The van der Waals surface area contributed by atoms with Crippen LogP contribution in [0, 0.1) is 17.1 Å². The average Bonchev–Trinajstić information content (AvgIpc) is 2.79. The molecule has 184 valence electrons. The van der Waals surface area contributed by atoms with Crippen molar-refractivity contribution in [2.75, 3.05) is 0 Å². The zero-order chi connectivity index (χ0) is 25.4. The van der Waals surface area contributed by atoms with E-state index in [4.69, 9.17) is 0 Å². The second-order valence-electron chi connectivity index (χ2n) is 7.76. The van der Waals surface area contributed by atoms with Crippen molar-refractivity contribution in [2.45, 2.75) is 53.6 Å². The van der Waals surface area contributed by atoms with Gasteiger partial charge in [0, 0.05) is 17.8 Å². The first kappa shape index (κ1) is 26.0. The lowest BCUT2D eigenvalue weighted by molar-refractivity contribution is -0.0452. The maximum Gasteiger partial charge on any atom is 0.511 e. The predicted octanol–water partition coefficient (Wildman–Crippen LogP) is 3.61. The van der Waals surface area contributed by atoms with Crippen LogP contribution >= 0.6 is 0 Å². The van der Waals surface area contributed by atoms with Gasteiger partial charge in [0.2, 0.25) is 0 Å². The van der Waals surface area contributed by atoms with Crippen LogP contribution in [0.1, 0.15) is 42.5 Å². The van der Waals surface area contributed by atoms with Crippen LogP contribution < -0.4 is 4.72 Å². The van der Waals surface area contributed by atoms with Crippen LogP contribution in [0.4, 0.5) is 22.0 Å². The monoisotopic (exact) mass is 523 g/mol. The van der Waals surface area contributed by atoms with Crippen LogP contribution in [-0.4, -0.2) is 33.4 Å². The normalized spacial score (nSPS) is 21.7. The van der Waals surface area contributed by atoms with Crippen LogP contribution in [0.15, 0.2) is 41.4 Å². The molecule has 7 nitrogen and oxygen atoms in total. The highest BCUT2D eigenvalue weighted by atomic mass is 32.2. The van der Waals surface area contributed by atoms with Crippen LogP contribution in [0.5, 0.6) is 0 Å². The number of hydrogen-bond donors (Lipinski definition) is 1. The third-order valence-electron chi connectivity index (χ3n) is 5.77. The lowest BCUT2D eigenvalue weighted by atomic mass is 9.80. The standard InChI is InChI=1S/C20H18F5N3O4S2/c21-10-15-2-3-16(12-27-15)33(29,30)19(17-9-13(11-26)1-4-18(17)22)7-5-14(6-8-19)28-34(31,32)20(23,24)25/h1-4,9,12,14,28H,5-8,10H2/t14-,19+. The first-order chi connectivity index (χ1) is 15.8. The Morgan fingerprint density at radius 2 is 1.76 bits per heavy atom. The first-order valence-electron chi connectivity index (χ1n) is 9.81. The van der Waals surface area contributed by atoms with Crippen LogP contribution in [0.2, 0.25) is 0 Å². The van der Waals surface area contributed by atoms with E-state index >= 15 is 0 Å². The third-order valence-corrected chi connectivity index (χ3v) is 9.54. The summed E-state index contributed by atoms with van der Waals surface area (Å²) in [5.41, 5.74) is -6.00. The SMILES string of the molecule is N#Cc1ccc(F)c([C@]2(S(=O)(=O)c3ccc(CF)nc3)CC[C@@H](NS(=O)(=O)C(F)(F)F)CC2)c1.